The van der Waals surface area contributed by atoms with E-state index in [1.54, 1.807) is 6.92 Å². The fraction of sp³-hybridized carbons (Fsp3) is 0.176. The van der Waals surface area contributed by atoms with Gasteiger partial charge in [0.05, 0.1) is 22.5 Å². The van der Waals surface area contributed by atoms with Crippen LogP contribution in [0.2, 0.25) is 0 Å². The van der Waals surface area contributed by atoms with E-state index >= 15 is 0 Å². The van der Waals surface area contributed by atoms with Crippen molar-refractivity contribution >= 4 is 16.8 Å². The summed E-state index contributed by atoms with van der Waals surface area (Å²) in [5, 5.41) is 11.0. The molecule has 0 saturated heterocycles. The van der Waals surface area contributed by atoms with Crippen molar-refractivity contribution in [2.24, 2.45) is 0 Å². The Morgan fingerprint density at radius 1 is 1.37 bits per heavy atom. The molecule has 0 saturated carbocycles. The molecular formula is C17H13FN6O3. The van der Waals surface area contributed by atoms with Gasteiger partial charge in [0.2, 0.25) is 5.91 Å². The number of aromatic nitrogens is 4. The van der Waals surface area contributed by atoms with Crippen molar-refractivity contribution in [1.82, 2.24) is 24.8 Å². The van der Waals surface area contributed by atoms with Gasteiger partial charge in [-0.05, 0) is 19.1 Å². The smallest absolute Gasteiger partial charge is 0.329 e. The van der Waals surface area contributed by atoms with Crippen molar-refractivity contribution in [2.75, 3.05) is 0 Å². The minimum atomic E-state index is -0.899. The maximum absolute atomic E-state index is 13.9. The maximum Gasteiger partial charge on any atom is 0.329 e. The van der Waals surface area contributed by atoms with Crippen LogP contribution in [0.3, 0.4) is 0 Å². The first-order chi connectivity index (χ1) is 12.9. The number of rotatable bonds is 4. The summed E-state index contributed by atoms with van der Waals surface area (Å²) in [6.07, 6.45) is 2.62. The van der Waals surface area contributed by atoms with Gasteiger partial charge in [-0.2, -0.15) is 5.26 Å². The van der Waals surface area contributed by atoms with E-state index in [0.29, 0.717) is 4.57 Å². The number of nitrogens with one attached hydrogen (secondary N) is 2. The average molecular weight is 368 g/mol. The second kappa shape index (κ2) is 7.17. The van der Waals surface area contributed by atoms with E-state index in [2.05, 4.69) is 20.3 Å². The first kappa shape index (κ1) is 17.9. The van der Waals surface area contributed by atoms with Crippen LogP contribution in [0.5, 0.6) is 0 Å². The normalized spacial score (nSPS) is 11.7. The maximum atomic E-state index is 13.9. The molecule has 27 heavy (non-hydrogen) atoms. The summed E-state index contributed by atoms with van der Waals surface area (Å²) >= 11 is 0. The Bertz CT molecular complexity index is 1180. The molecule has 10 heteroatoms. The predicted molar refractivity (Wildman–Crippen MR) is 92.1 cm³/mol. The number of H-pyrrole nitrogens is 1. The molecule has 0 spiro atoms. The number of carbonyl (C=O) groups excluding carboxylic acids is 1. The number of hydrogen-bond donors (Lipinski definition) is 2. The van der Waals surface area contributed by atoms with Crippen LogP contribution in [0.4, 0.5) is 4.39 Å². The molecule has 136 valence electrons. The number of amides is 1. The molecule has 0 aliphatic heterocycles. The number of benzene rings is 1. The van der Waals surface area contributed by atoms with E-state index in [1.165, 1.54) is 24.5 Å². The minimum absolute atomic E-state index is 0.0565. The Kier molecular flexibility index (Phi) is 4.76. The fourth-order valence-electron chi connectivity index (χ4n) is 2.51. The Balaban J connectivity index is 1.83. The second-order valence-electron chi connectivity index (χ2n) is 5.71. The number of carbonyl (C=O) groups is 1. The van der Waals surface area contributed by atoms with Crippen LogP contribution in [0.1, 0.15) is 24.4 Å². The Hall–Kier alpha value is -3.87. The molecule has 1 atom stereocenters. The molecule has 0 unspecified atom stereocenters. The van der Waals surface area contributed by atoms with Crippen molar-refractivity contribution in [3.63, 3.8) is 0 Å². The van der Waals surface area contributed by atoms with Crippen LogP contribution >= 0.6 is 0 Å². The van der Waals surface area contributed by atoms with Crippen LogP contribution < -0.4 is 16.6 Å². The standard InChI is InChI=1S/C17H13FN6O3/c1-9(15-20-6-10(5-19)7-21-15)22-13(25)8-24-16(26)14-11(18)3-2-4-12(14)23-17(24)27/h2-4,6-7,9H,8H2,1H3,(H,22,25)(H,23,27)/t9-/m1/s1. The molecule has 3 aromatic rings. The van der Waals surface area contributed by atoms with E-state index in [4.69, 9.17) is 5.26 Å². The van der Waals surface area contributed by atoms with Gasteiger partial charge in [0.25, 0.3) is 5.56 Å². The molecule has 0 radical (unpaired) electrons. The summed E-state index contributed by atoms with van der Waals surface area (Å²) < 4.78 is 14.5. The number of nitriles is 1. The van der Waals surface area contributed by atoms with E-state index in [1.807, 2.05) is 6.07 Å². The quantitative estimate of drug-likeness (QED) is 0.683. The van der Waals surface area contributed by atoms with Gasteiger partial charge < -0.3 is 10.3 Å². The summed E-state index contributed by atoms with van der Waals surface area (Å²) in [7, 11) is 0. The molecule has 1 amide bonds. The lowest BCUT2D eigenvalue weighted by molar-refractivity contribution is -0.122. The highest BCUT2D eigenvalue weighted by Crippen LogP contribution is 2.09. The highest BCUT2D eigenvalue weighted by Gasteiger charge is 2.17. The van der Waals surface area contributed by atoms with Crippen LogP contribution in [0.15, 0.2) is 40.2 Å². The van der Waals surface area contributed by atoms with Gasteiger partial charge in [-0.25, -0.2) is 19.2 Å². The zero-order chi connectivity index (χ0) is 19.6. The molecule has 0 aliphatic rings. The summed E-state index contributed by atoms with van der Waals surface area (Å²) in [6, 6.07) is 5.11. The molecule has 2 heterocycles. The minimum Gasteiger partial charge on any atom is -0.345 e. The van der Waals surface area contributed by atoms with Gasteiger partial charge in [-0.15, -0.1) is 0 Å². The second-order valence-corrected chi connectivity index (χ2v) is 5.71. The zero-order valence-electron chi connectivity index (χ0n) is 14.1. The van der Waals surface area contributed by atoms with Gasteiger partial charge in [-0.3, -0.25) is 14.2 Å². The van der Waals surface area contributed by atoms with E-state index in [9.17, 15) is 18.8 Å². The third-order valence-corrected chi connectivity index (χ3v) is 3.83. The third kappa shape index (κ3) is 3.57. The first-order valence-electron chi connectivity index (χ1n) is 7.83. The monoisotopic (exact) mass is 368 g/mol. The predicted octanol–water partition coefficient (Wildman–Crippen LogP) is 0.368. The third-order valence-electron chi connectivity index (χ3n) is 3.83. The number of nitrogens with zero attached hydrogens (tertiary/aromatic N) is 4. The van der Waals surface area contributed by atoms with Crippen molar-refractivity contribution in [3.05, 3.63) is 68.6 Å². The molecule has 3 rings (SSSR count). The van der Waals surface area contributed by atoms with Crippen LogP contribution in [-0.4, -0.2) is 25.4 Å². The molecule has 0 bridgehead atoms. The van der Waals surface area contributed by atoms with Crippen LogP contribution in [-0.2, 0) is 11.3 Å². The molecule has 2 N–H and O–H groups in total. The summed E-state index contributed by atoms with van der Waals surface area (Å²) in [6.45, 7) is 1.01. The lowest BCUT2D eigenvalue weighted by Gasteiger charge is -2.13. The summed E-state index contributed by atoms with van der Waals surface area (Å²) in [4.78, 5) is 47.0. The topological polar surface area (TPSA) is 134 Å². The lowest BCUT2D eigenvalue weighted by Crippen LogP contribution is -2.41. The molecule has 1 aromatic carbocycles. The van der Waals surface area contributed by atoms with Gasteiger partial charge in [0.15, 0.2) is 0 Å². The van der Waals surface area contributed by atoms with E-state index in [-0.39, 0.29) is 22.3 Å². The van der Waals surface area contributed by atoms with Gasteiger partial charge >= 0.3 is 5.69 Å². The molecule has 0 fully saturated rings. The van der Waals surface area contributed by atoms with Crippen LogP contribution in [0, 0.1) is 17.1 Å². The molecular weight excluding hydrogens is 355 g/mol. The number of hydrogen-bond acceptors (Lipinski definition) is 6. The largest absolute Gasteiger partial charge is 0.345 e. The number of fused-ring (bicyclic) bond motifs is 1. The van der Waals surface area contributed by atoms with Crippen molar-refractivity contribution in [1.29, 1.82) is 5.26 Å². The number of halogens is 1. The average Bonchev–Trinajstić information content (AvgIpc) is 2.65. The van der Waals surface area contributed by atoms with Crippen molar-refractivity contribution < 1.29 is 9.18 Å². The Morgan fingerprint density at radius 2 is 2.07 bits per heavy atom. The molecule has 2 aromatic heterocycles. The van der Waals surface area contributed by atoms with Crippen LogP contribution in [0.25, 0.3) is 10.9 Å². The van der Waals surface area contributed by atoms with E-state index < -0.39 is 35.6 Å². The van der Waals surface area contributed by atoms with Crippen molar-refractivity contribution in [3.8, 4) is 6.07 Å². The fourth-order valence-corrected chi connectivity index (χ4v) is 2.51. The Morgan fingerprint density at radius 3 is 2.74 bits per heavy atom. The summed E-state index contributed by atoms with van der Waals surface area (Å²) in [5.74, 6) is -1.19. The Labute approximate surface area is 151 Å². The first-order valence-corrected chi connectivity index (χ1v) is 7.83. The van der Waals surface area contributed by atoms with Gasteiger partial charge in [0, 0.05) is 12.4 Å². The van der Waals surface area contributed by atoms with Gasteiger partial charge in [0.1, 0.15) is 24.3 Å². The number of aromatic amines is 1. The highest BCUT2D eigenvalue weighted by molar-refractivity contribution is 5.79. The van der Waals surface area contributed by atoms with Crippen molar-refractivity contribution in [2.45, 2.75) is 19.5 Å². The summed E-state index contributed by atoms with van der Waals surface area (Å²) in [5.41, 5.74) is -1.39. The SMILES string of the molecule is C[C@@H](NC(=O)Cn1c(=O)[nH]c2cccc(F)c2c1=O)c1ncc(C#N)cn1. The molecule has 9 nitrogen and oxygen atoms in total. The lowest BCUT2D eigenvalue weighted by atomic mass is 10.2. The van der Waals surface area contributed by atoms with Gasteiger partial charge in [-0.1, -0.05) is 6.07 Å². The highest BCUT2D eigenvalue weighted by atomic mass is 19.1. The van der Waals surface area contributed by atoms with E-state index in [0.717, 1.165) is 6.07 Å². The zero-order valence-corrected chi connectivity index (χ0v) is 14.1. The molecule has 0 aliphatic carbocycles.